The van der Waals surface area contributed by atoms with Crippen LogP contribution in [0.4, 0.5) is 10.1 Å². The first-order valence-electron chi connectivity index (χ1n) is 9.13. The molecular formula is C23H18FN3O2. The Kier molecular flexibility index (Phi) is 4.91. The van der Waals surface area contributed by atoms with Crippen LogP contribution in [0, 0.1) is 12.7 Å². The van der Waals surface area contributed by atoms with Gasteiger partial charge in [0.2, 0.25) is 5.91 Å². The molecule has 0 spiro atoms. The Morgan fingerprint density at radius 3 is 2.59 bits per heavy atom. The van der Waals surface area contributed by atoms with Gasteiger partial charge in [-0.25, -0.2) is 9.07 Å². The number of hydrogen-bond acceptors (Lipinski definition) is 3. The van der Waals surface area contributed by atoms with Gasteiger partial charge >= 0.3 is 0 Å². The van der Waals surface area contributed by atoms with Crippen molar-refractivity contribution in [1.29, 1.82) is 0 Å². The summed E-state index contributed by atoms with van der Waals surface area (Å²) in [5.41, 5.74) is 1.86. The summed E-state index contributed by atoms with van der Waals surface area (Å²) in [7, 11) is 0. The predicted octanol–water partition coefficient (Wildman–Crippen LogP) is 4.15. The van der Waals surface area contributed by atoms with Crippen LogP contribution in [0.5, 0.6) is 0 Å². The Hall–Kier alpha value is -3.80. The van der Waals surface area contributed by atoms with Crippen LogP contribution < -0.4 is 10.9 Å². The number of carbonyl (C=O) groups is 1. The number of halogens is 1. The number of fused-ring (bicyclic) bond motifs is 1. The Bertz CT molecular complexity index is 1280. The van der Waals surface area contributed by atoms with Crippen molar-refractivity contribution in [3.8, 4) is 11.3 Å². The van der Waals surface area contributed by atoms with E-state index in [1.54, 1.807) is 25.1 Å². The number of nitrogens with one attached hydrogen (secondary N) is 1. The number of aromatic nitrogens is 2. The zero-order chi connectivity index (χ0) is 20.4. The molecule has 1 amide bonds. The summed E-state index contributed by atoms with van der Waals surface area (Å²) < 4.78 is 14.8. The van der Waals surface area contributed by atoms with Gasteiger partial charge in [-0.1, -0.05) is 42.5 Å². The molecule has 0 bridgehead atoms. The van der Waals surface area contributed by atoms with Crippen molar-refractivity contribution >= 4 is 22.4 Å². The molecule has 4 aromatic rings. The molecule has 0 fully saturated rings. The highest BCUT2D eigenvalue weighted by Gasteiger charge is 2.10. The highest BCUT2D eigenvalue weighted by molar-refractivity contribution is 5.90. The van der Waals surface area contributed by atoms with Crippen LogP contribution >= 0.6 is 0 Å². The Labute approximate surface area is 166 Å². The Morgan fingerprint density at radius 2 is 1.79 bits per heavy atom. The molecule has 29 heavy (non-hydrogen) atoms. The van der Waals surface area contributed by atoms with Gasteiger partial charge < -0.3 is 5.32 Å². The van der Waals surface area contributed by atoms with Crippen molar-refractivity contribution in [3.05, 3.63) is 94.5 Å². The number of anilines is 1. The molecule has 3 aromatic carbocycles. The van der Waals surface area contributed by atoms with Crippen LogP contribution in [0.2, 0.25) is 0 Å². The van der Waals surface area contributed by atoms with Gasteiger partial charge in [0.1, 0.15) is 12.4 Å². The number of amides is 1. The van der Waals surface area contributed by atoms with E-state index in [1.165, 1.54) is 12.1 Å². The van der Waals surface area contributed by atoms with Crippen LogP contribution in [0.3, 0.4) is 0 Å². The maximum Gasteiger partial charge on any atom is 0.267 e. The second kappa shape index (κ2) is 7.67. The molecule has 1 aromatic heterocycles. The monoisotopic (exact) mass is 387 g/mol. The molecule has 0 saturated heterocycles. The third kappa shape index (κ3) is 4.06. The molecule has 144 valence electrons. The highest BCUT2D eigenvalue weighted by atomic mass is 19.1. The molecule has 4 rings (SSSR count). The standard InChI is InChI=1S/C23H18FN3O2/c1-15-6-9-19(13-20(15)24)25-22(28)14-27-23(29)11-10-21(26-27)18-8-7-16-4-2-3-5-17(16)12-18/h2-13H,14H2,1H3,(H,25,28). The van der Waals surface area contributed by atoms with Gasteiger partial charge in [-0.05, 0) is 47.5 Å². The van der Waals surface area contributed by atoms with Gasteiger partial charge in [-0.2, -0.15) is 5.10 Å². The number of rotatable bonds is 4. The van der Waals surface area contributed by atoms with E-state index >= 15 is 0 Å². The number of hydrogen-bond donors (Lipinski definition) is 1. The summed E-state index contributed by atoms with van der Waals surface area (Å²) in [6.45, 7) is 1.37. The fourth-order valence-corrected chi connectivity index (χ4v) is 3.07. The van der Waals surface area contributed by atoms with E-state index in [-0.39, 0.29) is 12.1 Å². The van der Waals surface area contributed by atoms with Crippen molar-refractivity contribution < 1.29 is 9.18 Å². The summed E-state index contributed by atoms with van der Waals surface area (Å²) in [6.07, 6.45) is 0. The minimum Gasteiger partial charge on any atom is -0.324 e. The molecule has 6 heteroatoms. The largest absolute Gasteiger partial charge is 0.324 e. The maximum atomic E-state index is 13.7. The van der Waals surface area contributed by atoms with E-state index in [1.807, 2.05) is 42.5 Å². The zero-order valence-corrected chi connectivity index (χ0v) is 15.7. The fourth-order valence-electron chi connectivity index (χ4n) is 3.07. The molecule has 1 N–H and O–H groups in total. The first-order valence-corrected chi connectivity index (χ1v) is 9.13. The van der Waals surface area contributed by atoms with Crippen LogP contribution in [0.25, 0.3) is 22.0 Å². The van der Waals surface area contributed by atoms with Crippen molar-refractivity contribution in [1.82, 2.24) is 9.78 Å². The fraction of sp³-hybridized carbons (Fsp3) is 0.0870. The lowest BCUT2D eigenvalue weighted by Gasteiger charge is -2.09. The van der Waals surface area contributed by atoms with Gasteiger partial charge in [0.25, 0.3) is 5.56 Å². The number of carbonyl (C=O) groups excluding carboxylic acids is 1. The minimum absolute atomic E-state index is 0.268. The van der Waals surface area contributed by atoms with Gasteiger partial charge in [0.15, 0.2) is 0 Å². The van der Waals surface area contributed by atoms with Gasteiger partial charge in [-0.3, -0.25) is 9.59 Å². The van der Waals surface area contributed by atoms with Crippen LogP contribution in [-0.2, 0) is 11.3 Å². The molecular weight excluding hydrogens is 369 g/mol. The van der Waals surface area contributed by atoms with Crippen LogP contribution in [-0.4, -0.2) is 15.7 Å². The van der Waals surface area contributed by atoms with Gasteiger partial charge in [0, 0.05) is 17.3 Å². The quantitative estimate of drug-likeness (QED) is 0.572. The first kappa shape index (κ1) is 18.6. The van der Waals surface area contributed by atoms with Crippen molar-refractivity contribution in [2.24, 2.45) is 0 Å². The Balaban J connectivity index is 1.58. The van der Waals surface area contributed by atoms with E-state index in [4.69, 9.17) is 0 Å². The molecule has 0 saturated carbocycles. The number of nitrogens with zero attached hydrogens (tertiary/aromatic N) is 2. The molecule has 1 heterocycles. The molecule has 0 unspecified atom stereocenters. The minimum atomic E-state index is -0.460. The number of aryl methyl sites for hydroxylation is 1. The second-order valence-corrected chi connectivity index (χ2v) is 6.79. The SMILES string of the molecule is Cc1ccc(NC(=O)Cn2nc(-c3ccc4ccccc4c3)ccc2=O)cc1F. The molecule has 0 aliphatic carbocycles. The van der Waals surface area contributed by atoms with E-state index < -0.39 is 11.7 Å². The lowest BCUT2D eigenvalue weighted by molar-refractivity contribution is -0.117. The summed E-state index contributed by atoms with van der Waals surface area (Å²) in [4.78, 5) is 24.5. The molecule has 0 aliphatic rings. The molecule has 0 atom stereocenters. The Morgan fingerprint density at radius 1 is 1.00 bits per heavy atom. The predicted molar refractivity (Wildman–Crippen MR) is 111 cm³/mol. The average molecular weight is 387 g/mol. The van der Waals surface area contributed by atoms with Crippen molar-refractivity contribution in [2.45, 2.75) is 13.5 Å². The van der Waals surface area contributed by atoms with E-state index in [9.17, 15) is 14.0 Å². The molecule has 5 nitrogen and oxygen atoms in total. The maximum absolute atomic E-state index is 13.7. The second-order valence-electron chi connectivity index (χ2n) is 6.79. The normalized spacial score (nSPS) is 10.8. The van der Waals surface area contributed by atoms with Crippen molar-refractivity contribution in [3.63, 3.8) is 0 Å². The number of benzene rings is 3. The topological polar surface area (TPSA) is 64.0 Å². The summed E-state index contributed by atoms with van der Waals surface area (Å²) in [6, 6.07) is 21.3. The highest BCUT2D eigenvalue weighted by Crippen LogP contribution is 2.22. The first-order chi connectivity index (χ1) is 14.0. The molecule has 0 aliphatic heterocycles. The zero-order valence-electron chi connectivity index (χ0n) is 15.7. The van der Waals surface area contributed by atoms with E-state index in [2.05, 4.69) is 10.4 Å². The van der Waals surface area contributed by atoms with Gasteiger partial charge in [-0.15, -0.1) is 0 Å². The summed E-state index contributed by atoms with van der Waals surface area (Å²) in [5, 5.41) is 9.09. The lowest BCUT2D eigenvalue weighted by atomic mass is 10.1. The summed E-state index contributed by atoms with van der Waals surface area (Å²) >= 11 is 0. The molecule has 0 radical (unpaired) electrons. The van der Waals surface area contributed by atoms with E-state index in [0.717, 1.165) is 21.0 Å². The smallest absolute Gasteiger partial charge is 0.267 e. The average Bonchev–Trinajstić information content (AvgIpc) is 2.72. The van der Waals surface area contributed by atoms with Crippen LogP contribution in [0.1, 0.15) is 5.56 Å². The third-order valence-corrected chi connectivity index (χ3v) is 4.66. The van der Waals surface area contributed by atoms with Crippen LogP contribution in [0.15, 0.2) is 77.6 Å². The van der Waals surface area contributed by atoms with Crippen molar-refractivity contribution in [2.75, 3.05) is 5.32 Å². The summed E-state index contributed by atoms with van der Waals surface area (Å²) in [5.74, 6) is -0.866. The third-order valence-electron chi connectivity index (χ3n) is 4.66. The van der Waals surface area contributed by atoms with Gasteiger partial charge in [0.05, 0.1) is 5.69 Å². The lowest BCUT2D eigenvalue weighted by Crippen LogP contribution is -2.29. The van der Waals surface area contributed by atoms with E-state index in [0.29, 0.717) is 16.9 Å².